The molecule has 3 aromatic rings. The molecule has 0 bridgehead atoms. The van der Waals surface area contributed by atoms with E-state index in [4.69, 9.17) is 4.74 Å². The van der Waals surface area contributed by atoms with E-state index in [1.807, 2.05) is 31.4 Å². The minimum Gasteiger partial charge on any atom is -0.447 e. The van der Waals surface area contributed by atoms with Crippen LogP contribution in [0.15, 0.2) is 42.6 Å². The maximum absolute atomic E-state index is 14.9. The zero-order chi connectivity index (χ0) is 20.8. The molecule has 1 aromatic heterocycles. The highest BCUT2D eigenvalue weighted by molar-refractivity contribution is 5.70. The molecule has 0 aliphatic carbocycles. The van der Waals surface area contributed by atoms with Crippen molar-refractivity contribution in [3.8, 4) is 11.1 Å². The van der Waals surface area contributed by atoms with Gasteiger partial charge >= 0.3 is 6.09 Å². The van der Waals surface area contributed by atoms with Gasteiger partial charge in [-0.15, -0.1) is 5.10 Å². The Morgan fingerprint density at radius 2 is 2.00 bits per heavy atom. The van der Waals surface area contributed by atoms with E-state index in [1.54, 1.807) is 16.8 Å². The Morgan fingerprint density at radius 3 is 2.70 bits per heavy atom. The molecule has 5 rings (SSSR count). The lowest BCUT2D eigenvalue weighted by molar-refractivity contribution is 0.0362. The lowest BCUT2D eigenvalue weighted by Gasteiger charge is -2.21. The van der Waals surface area contributed by atoms with Gasteiger partial charge in [-0.3, -0.25) is 9.58 Å². The topological polar surface area (TPSA) is 83.7 Å². The van der Waals surface area contributed by atoms with Gasteiger partial charge in [0.25, 0.3) is 0 Å². The number of ether oxygens (including phenoxy) is 1. The smallest absolute Gasteiger partial charge is 0.412 e. The maximum atomic E-state index is 14.9. The summed E-state index contributed by atoms with van der Waals surface area (Å²) in [5, 5.41) is 18.5. The van der Waals surface area contributed by atoms with E-state index < -0.39 is 18.1 Å². The third-order valence-electron chi connectivity index (χ3n) is 5.53. The fourth-order valence-electron chi connectivity index (χ4n) is 3.94. The molecule has 8 nitrogen and oxygen atoms in total. The Labute approximate surface area is 172 Å². The summed E-state index contributed by atoms with van der Waals surface area (Å²) in [6.07, 6.45) is 0.0366. The van der Waals surface area contributed by atoms with E-state index in [9.17, 15) is 14.3 Å². The zero-order valence-electron chi connectivity index (χ0n) is 16.3. The number of benzene rings is 2. The molecule has 1 unspecified atom stereocenters. The van der Waals surface area contributed by atoms with Gasteiger partial charge in [0.1, 0.15) is 12.4 Å². The summed E-state index contributed by atoms with van der Waals surface area (Å²) >= 11 is 0. The number of anilines is 1. The fraction of sp³-hybridized carbons (Fsp3) is 0.286. The van der Waals surface area contributed by atoms with Crippen molar-refractivity contribution in [2.24, 2.45) is 7.05 Å². The van der Waals surface area contributed by atoms with Crippen LogP contribution in [-0.4, -0.2) is 44.2 Å². The molecule has 0 saturated carbocycles. The number of aliphatic hydroxyl groups excluding tert-OH is 1. The molecule has 3 heterocycles. The zero-order valence-corrected chi connectivity index (χ0v) is 16.3. The highest BCUT2D eigenvalue weighted by Gasteiger charge is 2.30. The minimum atomic E-state index is -1.23. The SMILES string of the molecule is Cn1cc(N2Cc3ccc(-c4ccc(C(O)N5CCOC5=O)cc4F)cc3C2)nn1. The maximum Gasteiger partial charge on any atom is 0.412 e. The molecular formula is C21H20FN5O3. The van der Waals surface area contributed by atoms with Crippen LogP contribution in [-0.2, 0) is 24.9 Å². The number of aryl methyl sites for hydroxylation is 1. The van der Waals surface area contributed by atoms with Gasteiger partial charge in [0, 0.05) is 31.3 Å². The number of nitrogens with zero attached hydrogens (tertiary/aromatic N) is 5. The fourth-order valence-corrected chi connectivity index (χ4v) is 3.94. The van der Waals surface area contributed by atoms with Crippen molar-refractivity contribution in [2.75, 3.05) is 18.1 Å². The Morgan fingerprint density at radius 1 is 1.17 bits per heavy atom. The number of amides is 1. The largest absolute Gasteiger partial charge is 0.447 e. The predicted octanol–water partition coefficient (Wildman–Crippen LogP) is 2.58. The van der Waals surface area contributed by atoms with Gasteiger partial charge in [0.2, 0.25) is 0 Å². The van der Waals surface area contributed by atoms with Gasteiger partial charge < -0.3 is 14.7 Å². The average Bonchev–Trinajstić information content (AvgIpc) is 3.46. The summed E-state index contributed by atoms with van der Waals surface area (Å²) in [6, 6.07) is 10.4. The van der Waals surface area contributed by atoms with Crippen LogP contribution in [0.4, 0.5) is 15.0 Å². The molecule has 1 saturated heterocycles. The minimum absolute atomic E-state index is 0.219. The lowest BCUT2D eigenvalue weighted by atomic mass is 9.98. The summed E-state index contributed by atoms with van der Waals surface area (Å²) in [6.45, 7) is 1.90. The summed E-state index contributed by atoms with van der Waals surface area (Å²) in [5.74, 6) is 0.350. The van der Waals surface area contributed by atoms with Crippen LogP contribution in [0.1, 0.15) is 22.9 Å². The van der Waals surface area contributed by atoms with Crippen LogP contribution in [0, 0.1) is 5.82 Å². The van der Waals surface area contributed by atoms with E-state index in [2.05, 4.69) is 15.2 Å². The second-order valence-corrected chi connectivity index (χ2v) is 7.51. The summed E-state index contributed by atoms with van der Waals surface area (Å²) < 4.78 is 21.4. The normalized spacial score (nSPS) is 16.7. The van der Waals surface area contributed by atoms with Crippen LogP contribution >= 0.6 is 0 Å². The Bertz CT molecular complexity index is 1130. The molecule has 1 atom stereocenters. The number of rotatable bonds is 4. The van der Waals surface area contributed by atoms with E-state index in [0.717, 1.165) is 23.5 Å². The van der Waals surface area contributed by atoms with Crippen LogP contribution < -0.4 is 4.90 Å². The van der Waals surface area contributed by atoms with Gasteiger partial charge in [-0.1, -0.05) is 29.5 Å². The number of hydrogen-bond donors (Lipinski definition) is 1. The van der Waals surface area contributed by atoms with Crippen molar-refractivity contribution in [2.45, 2.75) is 19.3 Å². The monoisotopic (exact) mass is 409 g/mol. The van der Waals surface area contributed by atoms with Gasteiger partial charge in [0.05, 0.1) is 12.7 Å². The highest BCUT2D eigenvalue weighted by Crippen LogP contribution is 2.33. The first-order valence-electron chi connectivity index (χ1n) is 9.64. The summed E-state index contributed by atoms with van der Waals surface area (Å²) in [4.78, 5) is 14.9. The van der Waals surface area contributed by atoms with E-state index >= 15 is 0 Å². The van der Waals surface area contributed by atoms with Crippen molar-refractivity contribution in [3.05, 3.63) is 65.1 Å². The molecule has 2 aliphatic rings. The third-order valence-corrected chi connectivity index (χ3v) is 5.53. The van der Waals surface area contributed by atoms with Crippen LogP contribution in [0.2, 0.25) is 0 Å². The van der Waals surface area contributed by atoms with Crippen molar-refractivity contribution < 1.29 is 19.0 Å². The molecule has 30 heavy (non-hydrogen) atoms. The second-order valence-electron chi connectivity index (χ2n) is 7.51. The predicted molar refractivity (Wildman–Crippen MR) is 106 cm³/mol. The Hall–Kier alpha value is -3.46. The van der Waals surface area contributed by atoms with Crippen molar-refractivity contribution in [1.29, 1.82) is 0 Å². The molecule has 0 radical (unpaired) electrons. The molecule has 1 fully saturated rings. The Balaban J connectivity index is 1.39. The molecule has 154 valence electrons. The summed E-state index contributed by atoms with van der Waals surface area (Å²) in [7, 11) is 1.83. The molecular weight excluding hydrogens is 389 g/mol. The summed E-state index contributed by atoms with van der Waals surface area (Å²) in [5.41, 5.74) is 3.79. The van der Waals surface area contributed by atoms with E-state index in [1.165, 1.54) is 16.5 Å². The quantitative estimate of drug-likeness (QED) is 0.713. The number of carbonyl (C=O) groups is 1. The van der Waals surface area contributed by atoms with Crippen molar-refractivity contribution in [1.82, 2.24) is 19.9 Å². The van der Waals surface area contributed by atoms with Crippen LogP contribution in [0.3, 0.4) is 0 Å². The Kier molecular flexibility index (Phi) is 4.39. The number of aliphatic hydroxyl groups is 1. The van der Waals surface area contributed by atoms with Gasteiger partial charge in [-0.25, -0.2) is 9.18 Å². The first-order valence-corrected chi connectivity index (χ1v) is 9.64. The van der Waals surface area contributed by atoms with Crippen molar-refractivity contribution >= 4 is 11.9 Å². The molecule has 0 spiro atoms. The van der Waals surface area contributed by atoms with Crippen molar-refractivity contribution in [3.63, 3.8) is 0 Å². The number of cyclic esters (lactones) is 1. The molecule has 1 amide bonds. The first kappa shape index (κ1) is 18.6. The van der Waals surface area contributed by atoms with E-state index in [-0.39, 0.29) is 13.2 Å². The van der Waals surface area contributed by atoms with Crippen LogP contribution in [0.25, 0.3) is 11.1 Å². The van der Waals surface area contributed by atoms with E-state index in [0.29, 0.717) is 17.7 Å². The molecule has 9 heteroatoms. The molecule has 2 aliphatic heterocycles. The van der Waals surface area contributed by atoms with Gasteiger partial charge in [-0.05, 0) is 28.8 Å². The number of fused-ring (bicyclic) bond motifs is 1. The number of halogens is 1. The van der Waals surface area contributed by atoms with Crippen LogP contribution in [0.5, 0.6) is 0 Å². The first-order chi connectivity index (χ1) is 14.5. The van der Waals surface area contributed by atoms with Gasteiger partial charge in [0.15, 0.2) is 12.0 Å². The third kappa shape index (κ3) is 3.17. The second kappa shape index (κ2) is 7.10. The lowest BCUT2D eigenvalue weighted by Crippen LogP contribution is -2.29. The highest BCUT2D eigenvalue weighted by atomic mass is 19.1. The number of hydrogen-bond acceptors (Lipinski definition) is 6. The number of aromatic nitrogens is 3. The number of carbonyl (C=O) groups excluding carboxylic acids is 1. The molecule has 1 N–H and O–H groups in total. The molecule has 2 aromatic carbocycles. The standard InChI is InChI=1S/C21H20FN5O3/c1-25-12-19(23-24-25)26-10-15-3-2-13(8-16(15)11-26)17-5-4-14(9-18(17)22)20(28)27-6-7-30-21(27)29/h2-5,8-9,12,20,28H,6-7,10-11H2,1H3. The van der Waals surface area contributed by atoms with Gasteiger partial charge in [-0.2, -0.15) is 0 Å². The average molecular weight is 409 g/mol.